The molecule has 1 aromatic heterocycles. The van der Waals surface area contributed by atoms with Crippen LogP contribution < -0.4 is 15.4 Å². The normalized spacial score (nSPS) is 11.9. The standard InChI is InChI=1S/C18H23F3N6O/c1-22-17(27(2)12-13-4-6-14(28-3)7-5-13)25-11-10-24-16-23-9-8-15(26-16)18(19,20)21/h4-9H,10-12H2,1-3H3,(H,22,25)(H,23,24,26). The number of methoxy groups -OCH3 is 1. The van der Waals surface area contributed by atoms with Crippen LogP contribution in [0.4, 0.5) is 19.1 Å². The SMILES string of the molecule is CN=C(NCCNc1nccc(C(F)(F)F)n1)N(C)Cc1ccc(OC)cc1. The minimum absolute atomic E-state index is 0.0711. The quantitative estimate of drug-likeness (QED) is 0.426. The third-order valence-corrected chi connectivity index (χ3v) is 3.79. The molecule has 0 unspecified atom stereocenters. The highest BCUT2D eigenvalue weighted by Gasteiger charge is 2.32. The molecule has 1 aromatic carbocycles. The fraction of sp³-hybridized carbons (Fsp3) is 0.389. The van der Waals surface area contributed by atoms with E-state index >= 15 is 0 Å². The van der Waals surface area contributed by atoms with Crippen LogP contribution in [-0.2, 0) is 12.7 Å². The molecular weight excluding hydrogens is 373 g/mol. The topological polar surface area (TPSA) is 74.7 Å². The van der Waals surface area contributed by atoms with E-state index in [0.717, 1.165) is 23.6 Å². The van der Waals surface area contributed by atoms with E-state index < -0.39 is 11.9 Å². The molecule has 0 bridgehead atoms. The molecule has 7 nitrogen and oxygen atoms in total. The number of halogens is 3. The lowest BCUT2D eigenvalue weighted by atomic mass is 10.2. The predicted molar refractivity (Wildman–Crippen MR) is 101 cm³/mol. The third kappa shape index (κ3) is 6.29. The van der Waals surface area contributed by atoms with Crippen LogP contribution >= 0.6 is 0 Å². The summed E-state index contributed by atoms with van der Waals surface area (Å²) < 4.78 is 43.1. The van der Waals surface area contributed by atoms with Gasteiger partial charge >= 0.3 is 6.18 Å². The number of ether oxygens (including phenoxy) is 1. The van der Waals surface area contributed by atoms with Gasteiger partial charge in [-0.1, -0.05) is 12.1 Å². The molecular formula is C18H23F3N6O. The first kappa shape index (κ1) is 21.3. The van der Waals surface area contributed by atoms with Crippen molar-refractivity contribution in [3.8, 4) is 5.75 Å². The maximum Gasteiger partial charge on any atom is 0.433 e. The summed E-state index contributed by atoms with van der Waals surface area (Å²) in [6, 6.07) is 8.54. The molecule has 0 radical (unpaired) electrons. The molecule has 2 N–H and O–H groups in total. The number of aliphatic imine (C=N–C) groups is 1. The minimum atomic E-state index is -4.50. The van der Waals surface area contributed by atoms with Crippen molar-refractivity contribution >= 4 is 11.9 Å². The largest absolute Gasteiger partial charge is 0.497 e. The van der Waals surface area contributed by atoms with E-state index in [1.807, 2.05) is 36.2 Å². The van der Waals surface area contributed by atoms with Crippen LogP contribution in [0.1, 0.15) is 11.3 Å². The molecule has 0 aliphatic rings. The molecule has 2 rings (SSSR count). The van der Waals surface area contributed by atoms with Gasteiger partial charge in [-0.05, 0) is 23.8 Å². The number of alkyl halides is 3. The minimum Gasteiger partial charge on any atom is -0.497 e. The van der Waals surface area contributed by atoms with Crippen molar-refractivity contribution in [2.45, 2.75) is 12.7 Å². The van der Waals surface area contributed by atoms with E-state index in [2.05, 4.69) is 25.6 Å². The second kappa shape index (κ2) is 9.77. The number of benzene rings is 1. The summed E-state index contributed by atoms with van der Waals surface area (Å²) in [5.41, 5.74) is 0.106. The van der Waals surface area contributed by atoms with Gasteiger partial charge in [-0.25, -0.2) is 9.97 Å². The molecule has 0 aliphatic heterocycles. The Morgan fingerprint density at radius 2 is 1.89 bits per heavy atom. The van der Waals surface area contributed by atoms with Crippen molar-refractivity contribution in [1.29, 1.82) is 0 Å². The second-order valence-electron chi connectivity index (χ2n) is 5.87. The van der Waals surface area contributed by atoms with Gasteiger partial charge in [0.05, 0.1) is 7.11 Å². The Hall–Kier alpha value is -3.04. The number of rotatable bonds is 7. The second-order valence-corrected chi connectivity index (χ2v) is 5.87. The first-order valence-electron chi connectivity index (χ1n) is 8.52. The van der Waals surface area contributed by atoms with Gasteiger partial charge in [-0.3, -0.25) is 4.99 Å². The molecule has 0 atom stereocenters. The Morgan fingerprint density at radius 1 is 1.18 bits per heavy atom. The van der Waals surface area contributed by atoms with Crippen LogP contribution in [-0.4, -0.2) is 55.1 Å². The highest BCUT2D eigenvalue weighted by Crippen LogP contribution is 2.27. The van der Waals surface area contributed by atoms with Crippen LogP contribution in [0.15, 0.2) is 41.5 Å². The first-order chi connectivity index (χ1) is 13.3. The highest BCUT2D eigenvalue weighted by atomic mass is 19.4. The summed E-state index contributed by atoms with van der Waals surface area (Å²) in [5.74, 6) is 1.37. The smallest absolute Gasteiger partial charge is 0.433 e. The molecule has 1 heterocycles. The molecule has 0 spiro atoms. The van der Waals surface area contributed by atoms with Crippen LogP contribution in [0.25, 0.3) is 0 Å². The van der Waals surface area contributed by atoms with Gasteiger partial charge < -0.3 is 20.3 Å². The van der Waals surface area contributed by atoms with Crippen LogP contribution in [0, 0.1) is 0 Å². The number of nitrogens with zero attached hydrogens (tertiary/aromatic N) is 4. The van der Waals surface area contributed by atoms with Gasteiger partial charge in [-0.2, -0.15) is 13.2 Å². The highest BCUT2D eigenvalue weighted by molar-refractivity contribution is 5.79. The lowest BCUT2D eigenvalue weighted by Gasteiger charge is -2.22. The molecule has 10 heteroatoms. The van der Waals surface area contributed by atoms with Gasteiger partial charge in [0.25, 0.3) is 0 Å². The van der Waals surface area contributed by atoms with E-state index in [0.29, 0.717) is 25.6 Å². The van der Waals surface area contributed by atoms with Crippen molar-refractivity contribution in [2.75, 3.05) is 39.6 Å². The summed E-state index contributed by atoms with van der Waals surface area (Å²) in [4.78, 5) is 13.4. The number of nitrogens with one attached hydrogen (secondary N) is 2. The maximum atomic E-state index is 12.7. The first-order valence-corrected chi connectivity index (χ1v) is 8.52. The Balaban J connectivity index is 1.81. The third-order valence-electron chi connectivity index (χ3n) is 3.79. The van der Waals surface area contributed by atoms with Crippen LogP contribution in [0.2, 0.25) is 0 Å². The molecule has 152 valence electrons. The molecule has 28 heavy (non-hydrogen) atoms. The molecule has 0 fully saturated rings. The van der Waals surface area contributed by atoms with Gasteiger partial charge in [0.2, 0.25) is 5.95 Å². The summed E-state index contributed by atoms with van der Waals surface area (Å²) in [5, 5.41) is 5.90. The Labute approximate surface area is 161 Å². The van der Waals surface area contributed by atoms with E-state index in [-0.39, 0.29) is 5.95 Å². The fourth-order valence-electron chi connectivity index (χ4n) is 2.41. The van der Waals surface area contributed by atoms with E-state index in [1.54, 1.807) is 14.2 Å². The summed E-state index contributed by atoms with van der Waals surface area (Å²) >= 11 is 0. The monoisotopic (exact) mass is 396 g/mol. The number of guanidine groups is 1. The van der Waals surface area contributed by atoms with Gasteiger partial charge in [0.1, 0.15) is 11.4 Å². The van der Waals surface area contributed by atoms with Gasteiger partial charge in [0.15, 0.2) is 5.96 Å². The number of hydrogen-bond acceptors (Lipinski definition) is 5. The predicted octanol–water partition coefficient (Wildman–Crippen LogP) is 2.62. The zero-order valence-electron chi connectivity index (χ0n) is 15.9. The Bertz CT molecular complexity index is 780. The zero-order valence-corrected chi connectivity index (χ0v) is 15.9. The Morgan fingerprint density at radius 3 is 2.50 bits per heavy atom. The van der Waals surface area contributed by atoms with Crippen molar-refractivity contribution in [2.24, 2.45) is 4.99 Å². The Kier molecular flexibility index (Phi) is 7.42. The van der Waals surface area contributed by atoms with Crippen molar-refractivity contribution < 1.29 is 17.9 Å². The van der Waals surface area contributed by atoms with E-state index in [9.17, 15) is 13.2 Å². The number of hydrogen-bond donors (Lipinski definition) is 2. The lowest BCUT2D eigenvalue weighted by Crippen LogP contribution is -2.40. The van der Waals surface area contributed by atoms with Crippen LogP contribution in [0.5, 0.6) is 5.75 Å². The van der Waals surface area contributed by atoms with E-state index in [1.165, 1.54) is 0 Å². The molecule has 0 amide bonds. The van der Waals surface area contributed by atoms with Gasteiger partial charge in [-0.15, -0.1) is 0 Å². The molecule has 2 aromatic rings. The summed E-state index contributed by atoms with van der Waals surface area (Å²) in [6.07, 6.45) is -3.42. The summed E-state index contributed by atoms with van der Waals surface area (Å²) in [6.45, 7) is 1.39. The lowest BCUT2D eigenvalue weighted by molar-refractivity contribution is -0.141. The number of aromatic nitrogens is 2. The van der Waals surface area contributed by atoms with E-state index in [4.69, 9.17) is 4.74 Å². The zero-order chi connectivity index (χ0) is 20.6. The number of anilines is 1. The molecule has 0 aliphatic carbocycles. The maximum absolute atomic E-state index is 12.7. The average molecular weight is 396 g/mol. The molecule has 0 saturated heterocycles. The summed E-state index contributed by atoms with van der Waals surface area (Å²) in [7, 11) is 5.17. The van der Waals surface area contributed by atoms with Crippen molar-refractivity contribution in [1.82, 2.24) is 20.2 Å². The van der Waals surface area contributed by atoms with Crippen molar-refractivity contribution in [3.05, 3.63) is 47.8 Å². The van der Waals surface area contributed by atoms with Crippen LogP contribution in [0.3, 0.4) is 0 Å². The average Bonchev–Trinajstić information content (AvgIpc) is 2.68. The fourth-order valence-corrected chi connectivity index (χ4v) is 2.41. The molecule has 0 saturated carbocycles. The van der Waals surface area contributed by atoms with Gasteiger partial charge in [0, 0.05) is 39.9 Å². The van der Waals surface area contributed by atoms with Crippen molar-refractivity contribution in [3.63, 3.8) is 0 Å².